The number of hydrogen-bond acceptors (Lipinski definition) is 2. The van der Waals surface area contributed by atoms with E-state index in [1.807, 2.05) is 13.8 Å². The van der Waals surface area contributed by atoms with Crippen molar-refractivity contribution in [1.82, 2.24) is 0 Å². The average molecular weight is 237 g/mol. The second-order valence-corrected chi connectivity index (χ2v) is 4.50. The van der Waals surface area contributed by atoms with Gasteiger partial charge in [-0.3, -0.25) is 10.1 Å². The predicted molar refractivity (Wildman–Crippen MR) is 65.6 cm³/mol. The maximum atomic E-state index is 13.3. The van der Waals surface area contributed by atoms with Gasteiger partial charge in [-0.15, -0.1) is 0 Å². The fraction of sp³-hybridized carbons (Fsp3) is 0.385. The Kier molecular flexibility index (Phi) is 4.37. The van der Waals surface area contributed by atoms with Crippen LogP contribution in [0.25, 0.3) is 6.08 Å². The summed E-state index contributed by atoms with van der Waals surface area (Å²) in [4.78, 5) is 10.4. The van der Waals surface area contributed by atoms with E-state index in [1.165, 1.54) is 12.1 Å². The molecule has 0 heterocycles. The van der Waals surface area contributed by atoms with Gasteiger partial charge in [-0.2, -0.15) is 0 Å². The van der Waals surface area contributed by atoms with E-state index in [1.54, 1.807) is 19.1 Å². The lowest BCUT2D eigenvalue weighted by atomic mass is 10.1. The third-order valence-electron chi connectivity index (χ3n) is 2.38. The molecule has 0 bridgehead atoms. The Morgan fingerprint density at radius 2 is 2.18 bits per heavy atom. The molecule has 17 heavy (non-hydrogen) atoms. The number of nitro groups is 1. The van der Waals surface area contributed by atoms with E-state index in [9.17, 15) is 14.5 Å². The first kappa shape index (κ1) is 13.4. The molecule has 0 atom stereocenters. The SMILES string of the molecule is Cc1ccc(/C=C(\CC(C)C)[N+](=O)[O-])cc1F. The fourth-order valence-corrected chi connectivity index (χ4v) is 1.50. The van der Waals surface area contributed by atoms with Gasteiger partial charge < -0.3 is 0 Å². The van der Waals surface area contributed by atoms with E-state index < -0.39 is 4.92 Å². The topological polar surface area (TPSA) is 43.1 Å². The molecule has 0 fully saturated rings. The van der Waals surface area contributed by atoms with Crippen LogP contribution in [0.4, 0.5) is 4.39 Å². The molecule has 0 aliphatic carbocycles. The van der Waals surface area contributed by atoms with Crippen LogP contribution in [0.3, 0.4) is 0 Å². The number of halogens is 1. The largest absolute Gasteiger partial charge is 0.259 e. The first-order valence-electron chi connectivity index (χ1n) is 5.51. The summed E-state index contributed by atoms with van der Waals surface area (Å²) >= 11 is 0. The number of allylic oxidation sites excluding steroid dienone is 1. The number of nitrogens with zero attached hydrogens (tertiary/aromatic N) is 1. The second-order valence-electron chi connectivity index (χ2n) is 4.50. The molecule has 0 N–H and O–H groups in total. The maximum Gasteiger partial charge on any atom is 0.247 e. The number of benzene rings is 1. The van der Waals surface area contributed by atoms with Crippen molar-refractivity contribution < 1.29 is 9.31 Å². The van der Waals surface area contributed by atoms with Gasteiger partial charge in [0.15, 0.2) is 0 Å². The molecule has 0 unspecified atom stereocenters. The highest BCUT2D eigenvalue weighted by Crippen LogP contribution is 2.17. The summed E-state index contributed by atoms with van der Waals surface area (Å²) < 4.78 is 13.3. The van der Waals surface area contributed by atoms with Crippen molar-refractivity contribution in [3.05, 3.63) is 51.0 Å². The van der Waals surface area contributed by atoms with Gasteiger partial charge in [0, 0.05) is 12.5 Å². The standard InChI is InChI=1S/C13H16FNO2/c1-9(2)6-12(15(16)17)7-11-5-4-10(3)13(14)8-11/h4-5,7-9H,6H2,1-3H3/b12-7+. The van der Waals surface area contributed by atoms with Crippen molar-refractivity contribution in [3.8, 4) is 0 Å². The van der Waals surface area contributed by atoms with E-state index in [0.29, 0.717) is 17.5 Å². The molecule has 1 rings (SSSR count). The van der Waals surface area contributed by atoms with Gasteiger partial charge in [-0.1, -0.05) is 26.0 Å². The first-order valence-corrected chi connectivity index (χ1v) is 5.51. The van der Waals surface area contributed by atoms with Crippen LogP contribution in [0.2, 0.25) is 0 Å². The summed E-state index contributed by atoms with van der Waals surface area (Å²) in [7, 11) is 0. The molecule has 0 radical (unpaired) electrons. The summed E-state index contributed by atoms with van der Waals surface area (Å²) in [5.74, 6) is -0.145. The van der Waals surface area contributed by atoms with Crippen LogP contribution < -0.4 is 0 Å². The van der Waals surface area contributed by atoms with Gasteiger partial charge in [-0.05, 0) is 30.0 Å². The Hall–Kier alpha value is -1.71. The molecule has 0 aromatic heterocycles. The van der Waals surface area contributed by atoms with Crippen LogP contribution in [0, 0.1) is 28.8 Å². The van der Waals surface area contributed by atoms with E-state index in [-0.39, 0.29) is 17.4 Å². The van der Waals surface area contributed by atoms with Crippen LogP contribution in [-0.2, 0) is 0 Å². The van der Waals surface area contributed by atoms with Gasteiger partial charge in [0.2, 0.25) is 5.70 Å². The zero-order chi connectivity index (χ0) is 13.0. The molecule has 0 saturated heterocycles. The summed E-state index contributed by atoms with van der Waals surface area (Å²) in [5.41, 5.74) is 1.18. The maximum absolute atomic E-state index is 13.3. The van der Waals surface area contributed by atoms with Gasteiger partial charge in [0.25, 0.3) is 0 Å². The molecule has 1 aromatic carbocycles. The lowest BCUT2D eigenvalue weighted by molar-refractivity contribution is -0.427. The van der Waals surface area contributed by atoms with E-state index in [4.69, 9.17) is 0 Å². The molecule has 0 aliphatic heterocycles. The third-order valence-corrected chi connectivity index (χ3v) is 2.38. The first-order chi connectivity index (χ1) is 7.90. The highest BCUT2D eigenvalue weighted by molar-refractivity contribution is 5.51. The minimum atomic E-state index is -0.405. The van der Waals surface area contributed by atoms with E-state index in [0.717, 1.165) is 0 Å². The van der Waals surface area contributed by atoms with Gasteiger partial charge in [-0.25, -0.2) is 4.39 Å². The van der Waals surface area contributed by atoms with Gasteiger partial charge in [0.05, 0.1) is 4.92 Å². The average Bonchev–Trinajstić information content (AvgIpc) is 2.21. The summed E-state index contributed by atoms with van der Waals surface area (Å²) in [5, 5.41) is 10.8. The van der Waals surface area contributed by atoms with Crippen LogP contribution in [0.1, 0.15) is 31.4 Å². The summed E-state index contributed by atoms with van der Waals surface area (Å²) in [6.07, 6.45) is 1.81. The normalized spacial score (nSPS) is 11.9. The second kappa shape index (κ2) is 5.57. The zero-order valence-electron chi connectivity index (χ0n) is 10.2. The molecular weight excluding hydrogens is 221 g/mol. The quantitative estimate of drug-likeness (QED) is 0.590. The zero-order valence-corrected chi connectivity index (χ0v) is 10.2. The van der Waals surface area contributed by atoms with Crippen LogP contribution in [0.5, 0.6) is 0 Å². The van der Waals surface area contributed by atoms with Crippen molar-refractivity contribution in [3.63, 3.8) is 0 Å². The van der Waals surface area contributed by atoms with E-state index >= 15 is 0 Å². The Labute approximate surface area is 100 Å². The molecular formula is C13H16FNO2. The summed E-state index contributed by atoms with van der Waals surface area (Å²) in [6.45, 7) is 5.48. The Morgan fingerprint density at radius 1 is 1.53 bits per heavy atom. The van der Waals surface area contributed by atoms with Crippen molar-refractivity contribution in [2.75, 3.05) is 0 Å². The molecule has 0 spiro atoms. The molecule has 3 nitrogen and oxygen atoms in total. The lowest BCUT2D eigenvalue weighted by Gasteiger charge is -2.03. The van der Waals surface area contributed by atoms with Crippen molar-refractivity contribution >= 4 is 6.08 Å². The van der Waals surface area contributed by atoms with Crippen LogP contribution in [-0.4, -0.2) is 4.92 Å². The predicted octanol–water partition coefficient (Wildman–Crippen LogP) is 3.80. The summed E-state index contributed by atoms with van der Waals surface area (Å²) in [6, 6.07) is 4.62. The monoisotopic (exact) mass is 237 g/mol. The van der Waals surface area contributed by atoms with E-state index in [2.05, 4.69) is 0 Å². The Bertz CT molecular complexity index is 453. The van der Waals surface area contributed by atoms with Gasteiger partial charge >= 0.3 is 0 Å². The highest BCUT2D eigenvalue weighted by Gasteiger charge is 2.13. The molecule has 0 saturated carbocycles. The molecule has 0 aliphatic rings. The fourth-order valence-electron chi connectivity index (χ4n) is 1.50. The molecule has 1 aromatic rings. The molecule has 92 valence electrons. The van der Waals surface area contributed by atoms with Crippen molar-refractivity contribution in [2.45, 2.75) is 27.2 Å². The third kappa shape index (κ3) is 3.98. The molecule has 0 amide bonds. The number of aryl methyl sites for hydroxylation is 1. The minimum Gasteiger partial charge on any atom is -0.259 e. The minimum absolute atomic E-state index is 0.114. The molecule has 4 heteroatoms. The Balaban J connectivity index is 3.04. The van der Waals surface area contributed by atoms with Crippen LogP contribution in [0.15, 0.2) is 23.9 Å². The van der Waals surface area contributed by atoms with Crippen molar-refractivity contribution in [2.24, 2.45) is 5.92 Å². The lowest BCUT2D eigenvalue weighted by Crippen LogP contribution is -2.02. The van der Waals surface area contributed by atoms with Crippen molar-refractivity contribution in [1.29, 1.82) is 0 Å². The van der Waals surface area contributed by atoms with Gasteiger partial charge in [0.1, 0.15) is 5.82 Å². The highest BCUT2D eigenvalue weighted by atomic mass is 19.1. The van der Waals surface area contributed by atoms with Crippen LogP contribution >= 0.6 is 0 Å². The number of rotatable bonds is 4. The Morgan fingerprint density at radius 3 is 2.65 bits per heavy atom. The number of hydrogen-bond donors (Lipinski definition) is 0. The smallest absolute Gasteiger partial charge is 0.247 e.